The summed E-state index contributed by atoms with van der Waals surface area (Å²) in [6.45, 7) is 2.40. The van der Waals surface area contributed by atoms with Gasteiger partial charge in [0.25, 0.3) is 0 Å². The Morgan fingerprint density at radius 3 is 2.74 bits per heavy atom. The van der Waals surface area contributed by atoms with Gasteiger partial charge in [-0.25, -0.2) is 9.37 Å². The van der Waals surface area contributed by atoms with Crippen molar-refractivity contribution in [2.75, 3.05) is 17.2 Å². The number of carbonyl (C=O) groups is 1. The maximum atomic E-state index is 12.9. The van der Waals surface area contributed by atoms with E-state index in [1.807, 2.05) is 6.92 Å². The molecule has 1 heterocycles. The van der Waals surface area contributed by atoms with Crippen molar-refractivity contribution in [2.45, 2.75) is 12.1 Å². The summed E-state index contributed by atoms with van der Waals surface area (Å²) in [6, 6.07) is 5.87. The zero-order valence-electron chi connectivity index (χ0n) is 10.3. The van der Waals surface area contributed by atoms with Crippen LogP contribution < -0.4 is 4.90 Å². The van der Waals surface area contributed by atoms with Crippen molar-refractivity contribution in [1.29, 1.82) is 0 Å². The molecule has 0 spiro atoms. The van der Waals surface area contributed by atoms with Gasteiger partial charge in [0.1, 0.15) is 12.1 Å². The molecule has 0 unspecified atom stereocenters. The van der Waals surface area contributed by atoms with Crippen LogP contribution in [0.15, 0.2) is 35.7 Å². The lowest BCUT2D eigenvalue weighted by Gasteiger charge is -2.20. The van der Waals surface area contributed by atoms with Crippen molar-refractivity contribution >= 4 is 23.4 Å². The third-order valence-electron chi connectivity index (χ3n) is 2.48. The summed E-state index contributed by atoms with van der Waals surface area (Å²) >= 11 is 1.28. The first-order chi connectivity index (χ1) is 9.20. The zero-order chi connectivity index (χ0) is 13.7. The molecule has 0 atom stereocenters. The molecule has 19 heavy (non-hydrogen) atoms. The second-order valence-corrected chi connectivity index (χ2v) is 4.66. The van der Waals surface area contributed by atoms with Gasteiger partial charge in [-0.3, -0.25) is 9.89 Å². The number of amides is 1. The highest BCUT2D eigenvalue weighted by atomic mass is 32.2. The van der Waals surface area contributed by atoms with Crippen LogP contribution in [0.4, 0.5) is 10.1 Å². The monoisotopic (exact) mass is 280 g/mol. The van der Waals surface area contributed by atoms with Crippen LogP contribution in [0.3, 0.4) is 0 Å². The minimum atomic E-state index is -0.316. The van der Waals surface area contributed by atoms with Crippen LogP contribution >= 0.6 is 11.8 Å². The van der Waals surface area contributed by atoms with E-state index in [2.05, 4.69) is 15.2 Å². The van der Waals surface area contributed by atoms with E-state index in [0.29, 0.717) is 17.4 Å². The van der Waals surface area contributed by atoms with E-state index in [1.54, 1.807) is 17.0 Å². The smallest absolute Gasteiger partial charge is 0.237 e. The Morgan fingerprint density at radius 2 is 2.16 bits per heavy atom. The number of anilines is 1. The molecule has 0 saturated heterocycles. The predicted molar refractivity (Wildman–Crippen MR) is 71.5 cm³/mol. The number of rotatable bonds is 5. The molecule has 0 bridgehead atoms. The molecule has 2 aromatic rings. The molecular weight excluding hydrogens is 267 g/mol. The Morgan fingerprint density at radius 1 is 1.42 bits per heavy atom. The van der Waals surface area contributed by atoms with Crippen LogP contribution in [0.5, 0.6) is 0 Å². The summed E-state index contributed by atoms with van der Waals surface area (Å²) in [5.74, 6) is -0.126. The first kappa shape index (κ1) is 13.5. The summed E-state index contributed by atoms with van der Waals surface area (Å²) in [5.41, 5.74) is 0.687. The van der Waals surface area contributed by atoms with Crippen molar-refractivity contribution in [3.8, 4) is 0 Å². The fraction of sp³-hybridized carbons (Fsp3) is 0.250. The van der Waals surface area contributed by atoms with Crippen molar-refractivity contribution in [2.24, 2.45) is 0 Å². The number of hydrogen-bond donors (Lipinski definition) is 1. The third-order valence-corrected chi connectivity index (χ3v) is 3.34. The van der Waals surface area contributed by atoms with E-state index < -0.39 is 0 Å². The van der Waals surface area contributed by atoms with E-state index in [0.717, 1.165) is 0 Å². The van der Waals surface area contributed by atoms with Gasteiger partial charge in [-0.15, -0.1) is 0 Å². The van der Waals surface area contributed by atoms with Crippen LogP contribution in [0.1, 0.15) is 6.92 Å². The van der Waals surface area contributed by atoms with E-state index in [4.69, 9.17) is 0 Å². The van der Waals surface area contributed by atoms with Crippen molar-refractivity contribution in [1.82, 2.24) is 15.2 Å². The van der Waals surface area contributed by atoms with Gasteiger partial charge in [-0.2, -0.15) is 5.10 Å². The molecule has 1 N–H and O–H groups in total. The molecule has 1 aromatic carbocycles. The molecule has 100 valence electrons. The molecule has 1 aromatic heterocycles. The SMILES string of the molecule is CCN(C(=O)CSc1ncn[nH]1)c1ccc(F)cc1. The molecular formula is C12H13FN4OS. The second-order valence-electron chi connectivity index (χ2n) is 3.69. The van der Waals surface area contributed by atoms with Crippen molar-refractivity contribution in [3.63, 3.8) is 0 Å². The quantitative estimate of drug-likeness (QED) is 0.852. The first-order valence-electron chi connectivity index (χ1n) is 5.74. The number of H-pyrrole nitrogens is 1. The van der Waals surface area contributed by atoms with Gasteiger partial charge in [0, 0.05) is 12.2 Å². The number of carbonyl (C=O) groups excluding carboxylic acids is 1. The highest BCUT2D eigenvalue weighted by molar-refractivity contribution is 7.99. The predicted octanol–water partition coefficient (Wildman–Crippen LogP) is 2.09. The van der Waals surface area contributed by atoms with E-state index in [1.165, 1.54) is 30.2 Å². The summed E-state index contributed by atoms with van der Waals surface area (Å²) < 4.78 is 12.9. The maximum Gasteiger partial charge on any atom is 0.237 e. The molecule has 0 aliphatic carbocycles. The second kappa shape index (κ2) is 6.33. The van der Waals surface area contributed by atoms with Crippen molar-refractivity contribution < 1.29 is 9.18 Å². The summed E-state index contributed by atoms with van der Waals surface area (Å²) in [5, 5.41) is 6.99. The fourth-order valence-corrected chi connectivity index (χ4v) is 2.25. The highest BCUT2D eigenvalue weighted by Gasteiger charge is 2.14. The number of nitrogens with one attached hydrogen (secondary N) is 1. The third kappa shape index (κ3) is 3.54. The normalized spacial score (nSPS) is 10.4. The number of nitrogens with zero attached hydrogens (tertiary/aromatic N) is 3. The van der Waals surface area contributed by atoms with Crippen LogP contribution in [-0.2, 0) is 4.79 Å². The van der Waals surface area contributed by atoms with Crippen molar-refractivity contribution in [3.05, 3.63) is 36.4 Å². The Labute approximate surface area is 114 Å². The van der Waals surface area contributed by atoms with Gasteiger partial charge >= 0.3 is 0 Å². The molecule has 0 aliphatic rings. The van der Waals surface area contributed by atoms with Crippen LogP contribution in [-0.4, -0.2) is 33.4 Å². The molecule has 5 nitrogen and oxygen atoms in total. The average Bonchev–Trinajstić information content (AvgIpc) is 2.92. The largest absolute Gasteiger partial charge is 0.312 e. The van der Waals surface area contributed by atoms with Gasteiger partial charge in [0.05, 0.1) is 5.75 Å². The molecule has 0 aliphatic heterocycles. The summed E-state index contributed by atoms with van der Waals surface area (Å²) in [4.78, 5) is 17.6. The van der Waals surface area contributed by atoms with Gasteiger partial charge < -0.3 is 4.90 Å². The average molecular weight is 280 g/mol. The van der Waals surface area contributed by atoms with Crippen LogP contribution in [0.25, 0.3) is 0 Å². The number of aromatic amines is 1. The van der Waals surface area contributed by atoms with Gasteiger partial charge in [-0.05, 0) is 31.2 Å². The lowest BCUT2D eigenvalue weighted by Crippen LogP contribution is -2.32. The van der Waals surface area contributed by atoms with Gasteiger partial charge in [0.2, 0.25) is 5.91 Å². The molecule has 2 rings (SSSR count). The van der Waals surface area contributed by atoms with E-state index >= 15 is 0 Å². The van der Waals surface area contributed by atoms with Gasteiger partial charge in [0.15, 0.2) is 5.16 Å². The van der Waals surface area contributed by atoms with Crippen LogP contribution in [0, 0.1) is 5.82 Å². The van der Waals surface area contributed by atoms with Gasteiger partial charge in [-0.1, -0.05) is 11.8 Å². The topological polar surface area (TPSA) is 61.9 Å². The lowest BCUT2D eigenvalue weighted by molar-refractivity contribution is -0.116. The number of benzene rings is 1. The highest BCUT2D eigenvalue weighted by Crippen LogP contribution is 2.18. The number of halogens is 1. The molecule has 0 radical (unpaired) electrons. The standard InChI is InChI=1S/C12H13FN4OS/c1-2-17(10-5-3-9(13)4-6-10)11(18)7-19-12-14-8-15-16-12/h3-6,8H,2,7H2,1H3,(H,14,15,16). The molecule has 7 heteroatoms. The number of thioether (sulfide) groups is 1. The van der Waals surface area contributed by atoms with E-state index in [-0.39, 0.29) is 17.5 Å². The minimum absolute atomic E-state index is 0.0597. The number of aromatic nitrogens is 3. The Bertz CT molecular complexity index is 529. The van der Waals surface area contributed by atoms with Crippen LogP contribution in [0.2, 0.25) is 0 Å². The van der Waals surface area contributed by atoms with E-state index in [9.17, 15) is 9.18 Å². The Hall–Kier alpha value is -1.89. The molecule has 0 saturated carbocycles. The summed E-state index contributed by atoms with van der Waals surface area (Å²) in [6.07, 6.45) is 1.39. The molecule has 1 amide bonds. The summed E-state index contributed by atoms with van der Waals surface area (Å²) in [7, 11) is 0. The lowest BCUT2D eigenvalue weighted by atomic mass is 10.3. The maximum absolute atomic E-state index is 12.9. The zero-order valence-corrected chi connectivity index (χ0v) is 11.2. The molecule has 0 fully saturated rings. The Kier molecular flexibility index (Phi) is 4.51. The fourth-order valence-electron chi connectivity index (χ4n) is 1.60. The first-order valence-corrected chi connectivity index (χ1v) is 6.73. The minimum Gasteiger partial charge on any atom is -0.312 e. The number of hydrogen-bond acceptors (Lipinski definition) is 4. The Balaban J connectivity index is 2.00.